The fraction of sp³-hybridized carbons (Fsp3) is 0.462. The molecule has 0 heterocycles. The number of benzene rings is 1. The lowest BCUT2D eigenvalue weighted by atomic mass is 10.2. The Bertz CT molecular complexity index is 349. The van der Waals surface area contributed by atoms with E-state index in [9.17, 15) is 4.79 Å². The minimum atomic E-state index is -0.469. The topological polar surface area (TPSA) is 64.3 Å². The third kappa shape index (κ3) is 5.24. The summed E-state index contributed by atoms with van der Waals surface area (Å²) in [6.07, 6.45) is 2.30. The van der Waals surface area contributed by atoms with Gasteiger partial charge in [0.05, 0.1) is 0 Å². The summed E-state index contributed by atoms with van der Waals surface area (Å²) in [6.45, 7) is 4.24. The van der Waals surface area contributed by atoms with Gasteiger partial charge in [0.25, 0.3) is 5.91 Å². The molecule has 0 saturated heterocycles. The first-order valence-corrected chi connectivity index (χ1v) is 5.89. The summed E-state index contributed by atoms with van der Waals surface area (Å²) in [5, 5.41) is 3.39. The molecule has 0 aliphatic rings. The van der Waals surface area contributed by atoms with Crippen molar-refractivity contribution in [2.75, 3.05) is 11.9 Å². The summed E-state index contributed by atoms with van der Waals surface area (Å²) in [5.41, 5.74) is 6.05. The lowest BCUT2D eigenvalue weighted by Crippen LogP contribution is -2.20. The molecular formula is C13H20N2O2. The molecule has 0 spiro atoms. The minimum Gasteiger partial charge on any atom is -0.484 e. The number of nitrogens with two attached hydrogens (primary N) is 1. The predicted molar refractivity (Wildman–Crippen MR) is 69.1 cm³/mol. The van der Waals surface area contributed by atoms with Crippen LogP contribution in [0.5, 0.6) is 5.75 Å². The Morgan fingerprint density at radius 2 is 2.06 bits per heavy atom. The van der Waals surface area contributed by atoms with E-state index in [0.717, 1.165) is 18.5 Å². The standard InChI is InChI=1S/C13H20N2O2/c1-3-4-10(2)15-11-5-7-12(8-6-11)17-9-13(14)16/h5-8,10,15H,3-4,9H2,1-2H3,(H2,14,16). The molecule has 4 heteroatoms. The van der Waals surface area contributed by atoms with Gasteiger partial charge in [-0.05, 0) is 37.6 Å². The molecule has 1 atom stereocenters. The van der Waals surface area contributed by atoms with E-state index in [-0.39, 0.29) is 6.61 Å². The van der Waals surface area contributed by atoms with E-state index >= 15 is 0 Å². The van der Waals surface area contributed by atoms with E-state index in [1.54, 1.807) is 0 Å². The van der Waals surface area contributed by atoms with Crippen LogP contribution in [0, 0.1) is 0 Å². The van der Waals surface area contributed by atoms with Crippen LogP contribution < -0.4 is 15.8 Å². The number of carbonyl (C=O) groups excluding carboxylic acids is 1. The van der Waals surface area contributed by atoms with Crippen LogP contribution in [-0.2, 0) is 4.79 Å². The maximum absolute atomic E-state index is 10.5. The molecule has 94 valence electrons. The molecule has 1 aromatic carbocycles. The van der Waals surface area contributed by atoms with Crippen LogP contribution in [0.15, 0.2) is 24.3 Å². The third-order valence-corrected chi connectivity index (χ3v) is 2.37. The summed E-state index contributed by atoms with van der Waals surface area (Å²) in [6, 6.07) is 7.97. The Morgan fingerprint density at radius 1 is 1.41 bits per heavy atom. The average Bonchev–Trinajstić information content (AvgIpc) is 2.28. The first kappa shape index (κ1) is 13.4. The number of hydrogen-bond acceptors (Lipinski definition) is 3. The van der Waals surface area contributed by atoms with Gasteiger partial charge >= 0.3 is 0 Å². The molecule has 0 aliphatic heterocycles. The number of carbonyl (C=O) groups is 1. The first-order chi connectivity index (χ1) is 8.11. The summed E-state index contributed by atoms with van der Waals surface area (Å²) in [7, 11) is 0. The second-order valence-corrected chi connectivity index (χ2v) is 4.11. The van der Waals surface area contributed by atoms with E-state index in [0.29, 0.717) is 11.8 Å². The molecule has 0 aliphatic carbocycles. The highest BCUT2D eigenvalue weighted by atomic mass is 16.5. The van der Waals surface area contributed by atoms with E-state index in [1.165, 1.54) is 0 Å². The van der Waals surface area contributed by atoms with Crippen molar-refractivity contribution in [2.24, 2.45) is 5.73 Å². The second kappa shape index (κ2) is 6.78. The number of ether oxygens (including phenoxy) is 1. The fourth-order valence-corrected chi connectivity index (χ4v) is 1.59. The zero-order chi connectivity index (χ0) is 12.7. The Labute approximate surface area is 102 Å². The average molecular weight is 236 g/mol. The summed E-state index contributed by atoms with van der Waals surface area (Å²) >= 11 is 0. The van der Waals surface area contributed by atoms with Crippen LogP contribution in [0.3, 0.4) is 0 Å². The number of rotatable bonds is 7. The van der Waals surface area contributed by atoms with Crippen LogP contribution >= 0.6 is 0 Å². The molecule has 0 saturated carbocycles. The zero-order valence-corrected chi connectivity index (χ0v) is 10.4. The smallest absolute Gasteiger partial charge is 0.255 e. The number of hydrogen-bond donors (Lipinski definition) is 2. The van der Waals surface area contributed by atoms with Gasteiger partial charge in [-0.3, -0.25) is 4.79 Å². The molecule has 0 radical (unpaired) electrons. The minimum absolute atomic E-state index is 0.0843. The quantitative estimate of drug-likeness (QED) is 0.762. The van der Waals surface area contributed by atoms with Gasteiger partial charge in [0.2, 0.25) is 0 Å². The molecule has 4 nitrogen and oxygen atoms in total. The van der Waals surface area contributed by atoms with Gasteiger partial charge in [-0.25, -0.2) is 0 Å². The van der Waals surface area contributed by atoms with Crippen molar-refractivity contribution in [3.63, 3.8) is 0 Å². The van der Waals surface area contributed by atoms with Crippen LogP contribution in [0.1, 0.15) is 26.7 Å². The van der Waals surface area contributed by atoms with Crippen molar-refractivity contribution in [2.45, 2.75) is 32.7 Å². The molecule has 1 rings (SSSR count). The van der Waals surface area contributed by atoms with Gasteiger partial charge in [-0.2, -0.15) is 0 Å². The van der Waals surface area contributed by atoms with E-state index in [2.05, 4.69) is 19.2 Å². The summed E-state index contributed by atoms with van der Waals surface area (Å²) in [5.74, 6) is 0.182. The molecule has 1 aromatic rings. The highest BCUT2D eigenvalue weighted by molar-refractivity contribution is 5.75. The molecule has 0 aromatic heterocycles. The highest BCUT2D eigenvalue weighted by Crippen LogP contribution is 2.17. The SMILES string of the molecule is CCCC(C)Nc1ccc(OCC(N)=O)cc1. The number of anilines is 1. The lowest BCUT2D eigenvalue weighted by Gasteiger charge is -2.14. The Morgan fingerprint density at radius 3 is 2.59 bits per heavy atom. The maximum Gasteiger partial charge on any atom is 0.255 e. The summed E-state index contributed by atoms with van der Waals surface area (Å²) < 4.78 is 5.17. The van der Waals surface area contributed by atoms with E-state index in [4.69, 9.17) is 10.5 Å². The lowest BCUT2D eigenvalue weighted by molar-refractivity contribution is -0.119. The number of primary amides is 1. The molecule has 17 heavy (non-hydrogen) atoms. The number of nitrogens with one attached hydrogen (secondary N) is 1. The van der Waals surface area contributed by atoms with Crippen LogP contribution in [-0.4, -0.2) is 18.6 Å². The second-order valence-electron chi connectivity index (χ2n) is 4.11. The Kier molecular flexibility index (Phi) is 5.33. The van der Waals surface area contributed by atoms with Gasteiger partial charge < -0.3 is 15.8 Å². The van der Waals surface area contributed by atoms with Crippen molar-refractivity contribution in [3.8, 4) is 5.75 Å². The molecule has 0 fully saturated rings. The normalized spacial score (nSPS) is 11.9. The predicted octanol–water partition coefficient (Wildman–Crippen LogP) is 2.15. The van der Waals surface area contributed by atoms with Crippen LogP contribution in [0.4, 0.5) is 5.69 Å². The fourth-order valence-electron chi connectivity index (χ4n) is 1.59. The maximum atomic E-state index is 10.5. The van der Waals surface area contributed by atoms with Crippen molar-refractivity contribution in [3.05, 3.63) is 24.3 Å². The largest absolute Gasteiger partial charge is 0.484 e. The Balaban J connectivity index is 2.47. The summed E-state index contributed by atoms with van der Waals surface area (Å²) in [4.78, 5) is 10.5. The molecule has 1 unspecified atom stereocenters. The third-order valence-electron chi connectivity index (χ3n) is 2.37. The van der Waals surface area contributed by atoms with Gasteiger partial charge in [0.15, 0.2) is 6.61 Å². The Hall–Kier alpha value is -1.71. The zero-order valence-electron chi connectivity index (χ0n) is 10.4. The monoisotopic (exact) mass is 236 g/mol. The van der Waals surface area contributed by atoms with Crippen LogP contribution in [0.2, 0.25) is 0 Å². The van der Waals surface area contributed by atoms with Gasteiger partial charge in [-0.1, -0.05) is 13.3 Å². The highest BCUT2D eigenvalue weighted by Gasteiger charge is 2.01. The van der Waals surface area contributed by atoms with Gasteiger partial charge in [0, 0.05) is 11.7 Å². The van der Waals surface area contributed by atoms with Crippen molar-refractivity contribution in [1.29, 1.82) is 0 Å². The first-order valence-electron chi connectivity index (χ1n) is 5.89. The molecular weight excluding hydrogens is 216 g/mol. The van der Waals surface area contributed by atoms with E-state index in [1.807, 2.05) is 24.3 Å². The number of amides is 1. The van der Waals surface area contributed by atoms with Gasteiger partial charge in [-0.15, -0.1) is 0 Å². The van der Waals surface area contributed by atoms with Crippen molar-refractivity contribution < 1.29 is 9.53 Å². The van der Waals surface area contributed by atoms with E-state index < -0.39 is 5.91 Å². The van der Waals surface area contributed by atoms with Crippen molar-refractivity contribution >= 4 is 11.6 Å². The van der Waals surface area contributed by atoms with Gasteiger partial charge in [0.1, 0.15) is 5.75 Å². The molecule has 0 bridgehead atoms. The molecule has 3 N–H and O–H groups in total. The molecule has 1 amide bonds. The van der Waals surface area contributed by atoms with Crippen LogP contribution in [0.25, 0.3) is 0 Å². The van der Waals surface area contributed by atoms with Crippen molar-refractivity contribution in [1.82, 2.24) is 0 Å².